The van der Waals surface area contributed by atoms with Crippen molar-refractivity contribution in [2.45, 2.75) is 32.9 Å². The maximum absolute atomic E-state index is 11.6. The van der Waals surface area contributed by atoms with Gasteiger partial charge < -0.3 is 11.1 Å². The average molecular weight is 303 g/mol. The highest BCUT2D eigenvalue weighted by Gasteiger charge is 2.13. The molecule has 1 aromatic heterocycles. The van der Waals surface area contributed by atoms with Crippen molar-refractivity contribution in [3.05, 3.63) is 11.9 Å². The summed E-state index contributed by atoms with van der Waals surface area (Å²) in [5, 5.41) is 11.0. The second-order valence-electron chi connectivity index (χ2n) is 4.52. The van der Waals surface area contributed by atoms with Crippen molar-refractivity contribution < 1.29 is 13.2 Å². The third-order valence-electron chi connectivity index (χ3n) is 2.61. The van der Waals surface area contributed by atoms with Gasteiger partial charge in [-0.3, -0.25) is 9.48 Å². The maximum atomic E-state index is 11.6. The van der Waals surface area contributed by atoms with Crippen LogP contribution in [0.1, 0.15) is 25.5 Å². The van der Waals surface area contributed by atoms with E-state index < -0.39 is 15.7 Å². The number of hydrogen-bond acceptors (Lipinski definition) is 6. The Balaban J connectivity index is 2.39. The number of nitrogens with one attached hydrogen (secondary N) is 1. The molecule has 0 aromatic carbocycles. The van der Waals surface area contributed by atoms with Crippen molar-refractivity contribution >= 4 is 15.7 Å². The normalized spacial score (nSPS) is 11.7. The van der Waals surface area contributed by atoms with E-state index in [0.29, 0.717) is 6.54 Å². The Morgan fingerprint density at radius 2 is 2.20 bits per heavy atom. The Bertz CT molecular complexity index is 526. The van der Waals surface area contributed by atoms with Gasteiger partial charge in [-0.2, -0.15) is 0 Å². The predicted molar refractivity (Wildman–Crippen MR) is 74.5 cm³/mol. The summed E-state index contributed by atoms with van der Waals surface area (Å²) in [6, 6.07) is 0. The molecular weight excluding hydrogens is 282 g/mol. The molecule has 1 aromatic rings. The fraction of sp³-hybridized carbons (Fsp3) is 0.727. The molecule has 1 amide bonds. The Hall–Kier alpha value is -1.48. The summed E-state index contributed by atoms with van der Waals surface area (Å²) in [6.07, 6.45) is 2.60. The van der Waals surface area contributed by atoms with Gasteiger partial charge in [0.25, 0.3) is 0 Å². The van der Waals surface area contributed by atoms with E-state index in [0.717, 1.165) is 18.7 Å². The predicted octanol–water partition coefficient (Wildman–Crippen LogP) is -0.932. The van der Waals surface area contributed by atoms with Gasteiger partial charge >= 0.3 is 0 Å². The summed E-state index contributed by atoms with van der Waals surface area (Å²) in [6.45, 7) is 3.80. The molecule has 0 aliphatic carbocycles. The lowest BCUT2D eigenvalue weighted by atomic mass is 10.4. The Labute approximate surface area is 118 Å². The van der Waals surface area contributed by atoms with Crippen molar-refractivity contribution in [1.29, 1.82) is 0 Å². The van der Waals surface area contributed by atoms with Crippen LogP contribution in [0.2, 0.25) is 0 Å². The van der Waals surface area contributed by atoms with Crippen LogP contribution in [0, 0.1) is 0 Å². The van der Waals surface area contributed by atoms with Gasteiger partial charge in [-0.1, -0.05) is 12.1 Å². The molecule has 0 fully saturated rings. The number of carbonyl (C=O) groups excluding carboxylic acids is 1. The molecule has 0 radical (unpaired) electrons. The van der Waals surface area contributed by atoms with Crippen LogP contribution in [0.3, 0.4) is 0 Å². The molecular formula is C11H21N5O3S. The Morgan fingerprint density at radius 1 is 1.45 bits per heavy atom. The van der Waals surface area contributed by atoms with Crippen LogP contribution in [0.15, 0.2) is 6.20 Å². The van der Waals surface area contributed by atoms with Crippen LogP contribution in [0.5, 0.6) is 0 Å². The third-order valence-corrected chi connectivity index (χ3v) is 4.24. The standard InChI is InChI=1S/C11H21N5O3S/c1-2-4-13-8-10-9-16(15-14-10)5-7-20(18,19)6-3-11(12)17/h9,13H,2-8H2,1H3,(H2,12,17). The second kappa shape index (κ2) is 7.95. The highest BCUT2D eigenvalue weighted by atomic mass is 32.2. The number of primary amides is 1. The first-order chi connectivity index (χ1) is 9.43. The maximum Gasteiger partial charge on any atom is 0.218 e. The zero-order chi connectivity index (χ0) is 15.0. The van der Waals surface area contributed by atoms with Gasteiger partial charge in [-0.15, -0.1) is 5.10 Å². The van der Waals surface area contributed by atoms with E-state index in [1.54, 1.807) is 6.20 Å². The summed E-state index contributed by atoms with van der Waals surface area (Å²) < 4.78 is 24.8. The van der Waals surface area contributed by atoms with E-state index >= 15 is 0 Å². The van der Waals surface area contributed by atoms with E-state index in [2.05, 4.69) is 22.6 Å². The smallest absolute Gasteiger partial charge is 0.218 e. The Morgan fingerprint density at radius 3 is 2.85 bits per heavy atom. The molecule has 3 N–H and O–H groups in total. The topological polar surface area (TPSA) is 120 Å². The lowest BCUT2D eigenvalue weighted by Crippen LogP contribution is -2.21. The molecule has 0 spiro atoms. The fourth-order valence-electron chi connectivity index (χ4n) is 1.51. The number of amides is 1. The average Bonchev–Trinajstić information content (AvgIpc) is 2.83. The van der Waals surface area contributed by atoms with Crippen LogP contribution in [-0.4, -0.2) is 47.4 Å². The quantitative estimate of drug-likeness (QED) is 0.539. The van der Waals surface area contributed by atoms with Gasteiger partial charge in [0.2, 0.25) is 5.91 Å². The third kappa shape index (κ3) is 6.62. The minimum Gasteiger partial charge on any atom is -0.370 e. The number of hydrogen-bond donors (Lipinski definition) is 2. The first-order valence-corrected chi connectivity index (χ1v) is 8.33. The lowest BCUT2D eigenvalue weighted by Gasteiger charge is -2.02. The zero-order valence-electron chi connectivity index (χ0n) is 11.6. The summed E-state index contributed by atoms with van der Waals surface area (Å²) >= 11 is 0. The number of carbonyl (C=O) groups is 1. The molecule has 1 heterocycles. The molecule has 8 nitrogen and oxygen atoms in total. The van der Waals surface area contributed by atoms with Crippen molar-refractivity contribution in [3.8, 4) is 0 Å². The molecule has 1 rings (SSSR count). The molecule has 114 valence electrons. The van der Waals surface area contributed by atoms with Crippen LogP contribution in [0.25, 0.3) is 0 Å². The number of sulfone groups is 1. The van der Waals surface area contributed by atoms with Crippen LogP contribution < -0.4 is 11.1 Å². The minimum absolute atomic E-state index is 0.0779. The number of nitrogens with two attached hydrogens (primary N) is 1. The van der Waals surface area contributed by atoms with Crippen LogP contribution in [0.4, 0.5) is 0 Å². The number of nitrogens with zero attached hydrogens (tertiary/aromatic N) is 3. The van der Waals surface area contributed by atoms with Gasteiger partial charge in [-0.25, -0.2) is 8.42 Å². The van der Waals surface area contributed by atoms with Crippen LogP contribution >= 0.6 is 0 Å². The van der Waals surface area contributed by atoms with E-state index in [-0.39, 0.29) is 24.5 Å². The van der Waals surface area contributed by atoms with E-state index in [1.165, 1.54) is 4.68 Å². The van der Waals surface area contributed by atoms with Gasteiger partial charge in [0.1, 0.15) is 0 Å². The number of aryl methyl sites for hydroxylation is 1. The highest BCUT2D eigenvalue weighted by Crippen LogP contribution is 1.98. The second-order valence-corrected chi connectivity index (χ2v) is 6.82. The van der Waals surface area contributed by atoms with Crippen molar-refractivity contribution in [1.82, 2.24) is 20.3 Å². The summed E-state index contributed by atoms with van der Waals surface area (Å²) in [5.74, 6) is -0.911. The van der Waals surface area contributed by atoms with Crippen molar-refractivity contribution in [3.63, 3.8) is 0 Å². The van der Waals surface area contributed by atoms with Gasteiger partial charge in [0.05, 0.1) is 23.7 Å². The number of rotatable bonds is 10. The first-order valence-electron chi connectivity index (χ1n) is 6.51. The largest absolute Gasteiger partial charge is 0.370 e. The van der Waals surface area contributed by atoms with E-state index in [1.807, 2.05) is 0 Å². The molecule has 0 aliphatic rings. The molecule has 0 saturated carbocycles. The van der Waals surface area contributed by atoms with Gasteiger partial charge in [0.15, 0.2) is 9.84 Å². The summed E-state index contributed by atoms with van der Waals surface area (Å²) in [7, 11) is -3.29. The first kappa shape index (κ1) is 16.6. The summed E-state index contributed by atoms with van der Waals surface area (Å²) in [5.41, 5.74) is 5.70. The molecule has 0 unspecified atom stereocenters. The van der Waals surface area contributed by atoms with E-state index in [9.17, 15) is 13.2 Å². The minimum atomic E-state index is -3.29. The van der Waals surface area contributed by atoms with E-state index in [4.69, 9.17) is 5.73 Å². The van der Waals surface area contributed by atoms with Crippen molar-refractivity contribution in [2.75, 3.05) is 18.1 Å². The van der Waals surface area contributed by atoms with Crippen LogP contribution in [-0.2, 0) is 27.7 Å². The lowest BCUT2D eigenvalue weighted by molar-refractivity contribution is -0.117. The highest BCUT2D eigenvalue weighted by molar-refractivity contribution is 7.91. The monoisotopic (exact) mass is 303 g/mol. The SMILES string of the molecule is CCCNCc1cn(CCS(=O)(=O)CCC(N)=O)nn1. The zero-order valence-corrected chi connectivity index (χ0v) is 12.4. The van der Waals surface area contributed by atoms with Crippen molar-refractivity contribution in [2.24, 2.45) is 5.73 Å². The van der Waals surface area contributed by atoms with Gasteiger partial charge in [0, 0.05) is 19.2 Å². The fourth-order valence-corrected chi connectivity index (χ4v) is 2.69. The molecule has 0 saturated heterocycles. The molecule has 0 atom stereocenters. The number of aromatic nitrogens is 3. The molecule has 9 heteroatoms. The molecule has 0 bridgehead atoms. The molecule has 20 heavy (non-hydrogen) atoms. The summed E-state index contributed by atoms with van der Waals surface area (Å²) in [4.78, 5) is 10.6. The molecule has 0 aliphatic heterocycles. The Kier molecular flexibility index (Phi) is 6.59. The van der Waals surface area contributed by atoms with Gasteiger partial charge in [-0.05, 0) is 13.0 Å².